The van der Waals surface area contributed by atoms with Gasteiger partial charge in [-0.05, 0) is 65.9 Å². The minimum atomic E-state index is -3.16. The number of rotatable bonds is 5. The van der Waals surface area contributed by atoms with Gasteiger partial charge in [0.25, 0.3) is 5.56 Å². The van der Waals surface area contributed by atoms with Gasteiger partial charge in [0.1, 0.15) is 0 Å². The lowest BCUT2D eigenvalue weighted by atomic mass is 10.1. The summed E-state index contributed by atoms with van der Waals surface area (Å²) in [5.74, 6) is 0.434. The topological polar surface area (TPSA) is 104 Å². The molecule has 0 aliphatic heterocycles. The molecule has 1 aliphatic carbocycles. The third-order valence-corrected chi connectivity index (χ3v) is 10.2. The van der Waals surface area contributed by atoms with E-state index in [1.807, 2.05) is 6.92 Å². The van der Waals surface area contributed by atoms with Crippen LogP contribution in [0.2, 0.25) is 0 Å². The first-order valence-electron chi connectivity index (χ1n) is 9.39. The molecule has 7 nitrogen and oxygen atoms in total. The maximum Gasteiger partial charge on any atom is 0.280 e. The minimum Gasteiger partial charge on any atom is -0.293 e. The van der Waals surface area contributed by atoms with Crippen molar-refractivity contribution in [2.24, 2.45) is 0 Å². The molecule has 150 valence electrons. The van der Waals surface area contributed by atoms with Gasteiger partial charge in [0.05, 0.1) is 17.2 Å². The van der Waals surface area contributed by atoms with Crippen LogP contribution in [-0.2, 0) is 9.25 Å². The smallest absolute Gasteiger partial charge is 0.280 e. The number of nitriles is 1. The number of aromatic nitrogens is 3. The average molecular weight is 410 g/mol. The fourth-order valence-corrected chi connectivity index (χ4v) is 6.62. The number of nitrogens with one attached hydrogen (secondary N) is 2. The Kier molecular flexibility index (Phi) is 4.33. The third-order valence-electron chi connectivity index (χ3n) is 5.74. The summed E-state index contributed by atoms with van der Waals surface area (Å²) in [6.45, 7) is 1.82. The molecular formula is C21H23N5O2S. The van der Waals surface area contributed by atoms with Gasteiger partial charge >= 0.3 is 0 Å². The normalized spacial score (nSPS) is 15.4. The fraction of sp³-hybridized carbons (Fsp3) is 0.286. The quantitative estimate of drug-likeness (QED) is 0.676. The summed E-state index contributed by atoms with van der Waals surface area (Å²) in [6, 6.07) is 12.5. The lowest BCUT2D eigenvalue weighted by Gasteiger charge is -2.38. The summed E-state index contributed by atoms with van der Waals surface area (Å²) in [5, 5.41) is 12.2. The van der Waals surface area contributed by atoms with Crippen LogP contribution in [0.15, 0.2) is 52.3 Å². The molecule has 2 N–H and O–H groups in total. The van der Waals surface area contributed by atoms with Crippen molar-refractivity contribution >= 4 is 9.25 Å². The van der Waals surface area contributed by atoms with E-state index in [-0.39, 0.29) is 10.8 Å². The number of hydrogen-bond donors (Lipinski definition) is 2. The lowest BCUT2D eigenvalue weighted by Crippen LogP contribution is -2.48. The van der Waals surface area contributed by atoms with Gasteiger partial charge in [-0.15, -0.1) is 0 Å². The zero-order valence-electron chi connectivity index (χ0n) is 16.6. The first-order chi connectivity index (χ1) is 13.8. The Labute approximate surface area is 168 Å². The van der Waals surface area contributed by atoms with Gasteiger partial charge in [0.2, 0.25) is 0 Å². The number of aryl methyl sites for hydroxylation is 1. The molecule has 2 aromatic heterocycles. The van der Waals surface area contributed by atoms with E-state index < -0.39 is 9.25 Å². The van der Waals surface area contributed by atoms with E-state index in [0.717, 1.165) is 18.4 Å². The van der Waals surface area contributed by atoms with Gasteiger partial charge in [0.15, 0.2) is 5.82 Å². The minimum absolute atomic E-state index is 0.128. The third kappa shape index (κ3) is 3.03. The second kappa shape index (κ2) is 6.51. The van der Waals surface area contributed by atoms with Crippen molar-refractivity contribution in [3.05, 3.63) is 64.2 Å². The SMILES string of the molecule is CNS(C)(=O)(c1ccc(-n2[nH]c(C)c(-c3ccc(C#N)cc3)c2=O)nc1)C1CC1. The van der Waals surface area contributed by atoms with Crippen molar-refractivity contribution in [3.63, 3.8) is 0 Å². The molecule has 0 bridgehead atoms. The van der Waals surface area contributed by atoms with Gasteiger partial charge < -0.3 is 0 Å². The van der Waals surface area contributed by atoms with Crippen molar-refractivity contribution in [2.75, 3.05) is 13.3 Å². The molecule has 4 rings (SSSR count). The van der Waals surface area contributed by atoms with Crippen molar-refractivity contribution in [1.29, 1.82) is 5.26 Å². The Bertz CT molecular complexity index is 1240. The van der Waals surface area contributed by atoms with E-state index in [9.17, 15) is 9.00 Å². The summed E-state index contributed by atoms with van der Waals surface area (Å²) in [6.07, 6.45) is 5.25. The van der Waals surface area contributed by atoms with Gasteiger partial charge in [0, 0.05) is 28.3 Å². The summed E-state index contributed by atoms with van der Waals surface area (Å²) in [5.41, 5.74) is 2.29. The van der Waals surface area contributed by atoms with E-state index in [0.29, 0.717) is 27.5 Å². The highest BCUT2D eigenvalue weighted by Gasteiger charge is 2.47. The molecule has 1 saturated carbocycles. The maximum absolute atomic E-state index is 13.7. The molecular weight excluding hydrogens is 386 g/mol. The monoisotopic (exact) mass is 409 g/mol. The van der Waals surface area contributed by atoms with Crippen LogP contribution in [0.3, 0.4) is 0 Å². The summed E-state index contributed by atoms with van der Waals surface area (Å²) in [4.78, 5) is 18.1. The highest BCUT2D eigenvalue weighted by atomic mass is 32.3. The van der Waals surface area contributed by atoms with E-state index in [2.05, 4.69) is 20.9 Å². The van der Waals surface area contributed by atoms with Crippen LogP contribution in [0.25, 0.3) is 16.9 Å². The van der Waals surface area contributed by atoms with E-state index >= 15 is 0 Å². The molecule has 0 amide bonds. The molecule has 1 aliphatic rings. The highest BCUT2D eigenvalue weighted by Crippen LogP contribution is 2.46. The highest BCUT2D eigenvalue weighted by molar-refractivity contribution is 8.18. The van der Waals surface area contributed by atoms with E-state index in [1.54, 1.807) is 55.9 Å². The predicted molar refractivity (Wildman–Crippen MR) is 113 cm³/mol. The molecule has 29 heavy (non-hydrogen) atoms. The van der Waals surface area contributed by atoms with Crippen LogP contribution in [-0.4, -0.2) is 37.5 Å². The van der Waals surface area contributed by atoms with Gasteiger partial charge in [-0.1, -0.05) is 12.1 Å². The van der Waals surface area contributed by atoms with Crippen LogP contribution >= 0.6 is 0 Å². The van der Waals surface area contributed by atoms with Crippen molar-refractivity contribution in [2.45, 2.75) is 29.9 Å². The Hall–Kier alpha value is -3.02. The molecule has 8 heteroatoms. The Balaban J connectivity index is 1.74. The Morgan fingerprint density at radius 1 is 1.24 bits per heavy atom. The molecule has 3 aromatic rings. The second-order valence-corrected chi connectivity index (χ2v) is 12.0. The summed E-state index contributed by atoms with van der Waals surface area (Å²) >= 11 is 0. The molecule has 0 saturated heterocycles. The number of hydrogen-bond acceptors (Lipinski definition) is 4. The lowest BCUT2D eigenvalue weighted by molar-refractivity contribution is 0.648. The van der Waals surface area contributed by atoms with Crippen molar-refractivity contribution in [1.82, 2.24) is 19.5 Å². The molecule has 1 fully saturated rings. The number of benzene rings is 1. The maximum atomic E-state index is 13.7. The Morgan fingerprint density at radius 2 is 1.93 bits per heavy atom. The predicted octanol–water partition coefficient (Wildman–Crippen LogP) is 2.51. The first kappa shape index (κ1) is 19.3. The van der Waals surface area contributed by atoms with Crippen molar-refractivity contribution < 1.29 is 4.21 Å². The van der Waals surface area contributed by atoms with Crippen LogP contribution in [0.4, 0.5) is 0 Å². The fourth-order valence-electron chi connectivity index (χ4n) is 3.68. The van der Waals surface area contributed by atoms with Crippen LogP contribution in [0.1, 0.15) is 24.1 Å². The number of aromatic amines is 1. The second-order valence-electron chi connectivity index (χ2n) is 7.61. The molecule has 0 spiro atoms. The summed E-state index contributed by atoms with van der Waals surface area (Å²) < 4.78 is 18.1. The van der Waals surface area contributed by atoms with Crippen molar-refractivity contribution in [3.8, 4) is 23.0 Å². The standard InChI is InChI=1S/C21H23N5O2S/c1-14-20(16-6-4-15(12-22)5-7-16)21(27)26(25-14)19-11-10-18(13-24-19)29(3,28,23-2)17-8-9-17/h4-7,10-11,13,17,25H,8-9H2,1-3H3,(H,23,28). The van der Waals surface area contributed by atoms with Gasteiger partial charge in [-0.2, -0.15) is 5.26 Å². The van der Waals surface area contributed by atoms with E-state index in [4.69, 9.17) is 5.26 Å². The van der Waals surface area contributed by atoms with E-state index in [1.165, 1.54) is 4.68 Å². The zero-order chi connectivity index (χ0) is 20.8. The molecule has 2 heterocycles. The van der Waals surface area contributed by atoms with Gasteiger partial charge in [-0.25, -0.2) is 9.67 Å². The van der Waals surface area contributed by atoms with Crippen LogP contribution in [0.5, 0.6) is 0 Å². The largest absolute Gasteiger partial charge is 0.293 e. The Morgan fingerprint density at radius 3 is 2.45 bits per heavy atom. The van der Waals surface area contributed by atoms with Crippen LogP contribution < -0.4 is 10.3 Å². The summed E-state index contributed by atoms with van der Waals surface area (Å²) in [7, 11) is -1.43. The molecule has 1 aromatic carbocycles. The number of H-pyrrole nitrogens is 1. The van der Waals surface area contributed by atoms with Gasteiger partial charge in [-0.3, -0.25) is 18.8 Å². The average Bonchev–Trinajstić information content (AvgIpc) is 3.55. The molecule has 0 atom stereocenters. The zero-order valence-corrected chi connectivity index (χ0v) is 17.4. The number of pyridine rings is 1. The molecule has 0 radical (unpaired) electrons. The number of nitrogens with zero attached hydrogens (tertiary/aromatic N) is 3. The first-order valence-corrected chi connectivity index (χ1v) is 11.8. The molecule has 0 unspecified atom stereocenters. The van der Waals surface area contributed by atoms with Crippen LogP contribution in [0, 0.1) is 18.3 Å².